The van der Waals surface area contributed by atoms with Gasteiger partial charge < -0.3 is 19.9 Å². The number of aromatic nitrogens is 2. The van der Waals surface area contributed by atoms with E-state index in [4.69, 9.17) is 4.74 Å². The highest BCUT2D eigenvalue weighted by molar-refractivity contribution is 7.13. The van der Waals surface area contributed by atoms with E-state index >= 15 is 0 Å². The number of carbonyl (C=O) groups excluding carboxylic acids is 1. The second-order valence-corrected chi connectivity index (χ2v) is 6.56. The van der Waals surface area contributed by atoms with Gasteiger partial charge >= 0.3 is 0 Å². The van der Waals surface area contributed by atoms with E-state index in [1.165, 1.54) is 0 Å². The summed E-state index contributed by atoms with van der Waals surface area (Å²) in [5, 5.41) is 5.62. The van der Waals surface area contributed by atoms with E-state index < -0.39 is 0 Å². The number of ether oxygens (including phenoxy) is 1. The molecule has 0 bridgehead atoms. The van der Waals surface area contributed by atoms with Crippen LogP contribution in [0.5, 0.6) is 0 Å². The van der Waals surface area contributed by atoms with Crippen LogP contribution in [0.4, 0.5) is 5.13 Å². The van der Waals surface area contributed by atoms with Gasteiger partial charge in [0.15, 0.2) is 5.13 Å². The third-order valence-electron chi connectivity index (χ3n) is 3.99. The topological polar surface area (TPSA) is 87.3 Å². The number of hydrogen-bond donors (Lipinski definition) is 2. The number of nitrogens with one attached hydrogen (secondary N) is 2. The molecule has 1 aliphatic heterocycles. The fourth-order valence-electron chi connectivity index (χ4n) is 2.44. The number of thiazole rings is 1. The maximum Gasteiger partial charge on any atom is 0.261 e. The smallest absolute Gasteiger partial charge is 0.261 e. The molecule has 2 N–H and O–H groups in total. The number of anilines is 1. The summed E-state index contributed by atoms with van der Waals surface area (Å²) in [5.74, 6) is -0.389. The van der Waals surface area contributed by atoms with E-state index in [2.05, 4.69) is 20.2 Å². The molecule has 7 nitrogen and oxygen atoms in total. The van der Waals surface area contributed by atoms with E-state index in [9.17, 15) is 9.59 Å². The van der Waals surface area contributed by atoms with Gasteiger partial charge in [-0.3, -0.25) is 9.59 Å². The van der Waals surface area contributed by atoms with Gasteiger partial charge in [0.2, 0.25) is 0 Å². The molecular weight excluding hydrogens is 328 g/mol. The number of pyridine rings is 1. The van der Waals surface area contributed by atoms with E-state index in [-0.39, 0.29) is 17.0 Å². The SMILES string of the molecule is Cc1cc(C(=O)NCc2csc(N3CCOCC3)n2)c(=O)[nH]c1C. The van der Waals surface area contributed by atoms with Crippen molar-refractivity contribution in [3.05, 3.63) is 44.3 Å². The zero-order chi connectivity index (χ0) is 17.1. The van der Waals surface area contributed by atoms with Gasteiger partial charge in [0, 0.05) is 24.2 Å². The average Bonchev–Trinajstić information content (AvgIpc) is 3.06. The van der Waals surface area contributed by atoms with Crippen LogP contribution in [0, 0.1) is 13.8 Å². The van der Waals surface area contributed by atoms with Gasteiger partial charge in [0.25, 0.3) is 11.5 Å². The minimum Gasteiger partial charge on any atom is -0.378 e. The predicted octanol–water partition coefficient (Wildman–Crippen LogP) is 1.21. The molecule has 0 spiro atoms. The quantitative estimate of drug-likeness (QED) is 0.867. The molecule has 8 heteroatoms. The summed E-state index contributed by atoms with van der Waals surface area (Å²) in [6.45, 7) is 7.04. The van der Waals surface area contributed by atoms with Crippen molar-refractivity contribution in [2.24, 2.45) is 0 Å². The molecular formula is C16H20N4O3S. The number of amides is 1. The van der Waals surface area contributed by atoms with Gasteiger partial charge in [-0.05, 0) is 25.5 Å². The average molecular weight is 348 g/mol. The maximum absolute atomic E-state index is 12.2. The molecule has 0 aromatic carbocycles. The van der Waals surface area contributed by atoms with Crippen molar-refractivity contribution in [3.63, 3.8) is 0 Å². The number of aryl methyl sites for hydroxylation is 2. The molecule has 2 aromatic rings. The lowest BCUT2D eigenvalue weighted by Crippen LogP contribution is -2.36. The highest BCUT2D eigenvalue weighted by Crippen LogP contribution is 2.21. The zero-order valence-electron chi connectivity index (χ0n) is 13.7. The summed E-state index contributed by atoms with van der Waals surface area (Å²) >= 11 is 1.55. The predicted molar refractivity (Wildman–Crippen MR) is 92.9 cm³/mol. The molecule has 1 amide bonds. The molecule has 24 heavy (non-hydrogen) atoms. The van der Waals surface area contributed by atoms with Crippen LogP contribution in [0.3, 0.4) is 0 Å². The van der Waals surface area contributed by atoms with Crippen molar-refractivity contribution in [1.82, 2.24) is 15.3 Å². The molecule has 1 saturated heterocycles. The molecule has 3 rings (SSSR count). The van der Waals surface area contributed by atoms with E-state index in [0.29, 0.717) is 19.8 Å². The zero-order valence-corrected chi connectivity index (χ0v) is 14.5. The first kappa shape index (κ1) is 16.7. The summed E-state index contributed by atoms with van der Waals surface area (Å²) in [6, 6.07) is 1.61. The van der Waals surface area contributed by atoms with Crippen molar-refractivity contribution in [2.75, 3.05) is 31.2 Å². The molecule has 128 valence electrons. The Hall–Kier alpha value is -2.19. The van der Waals surface area contributed by atoms with Gasteiger partial charge in [-0.2, -0.15) is 0 Å². The molecule has 1 aliphatic rings. The molecule has 2 aromatic heterocycles. The molecule has 1 fully saturated rings. The standard InChI is InChI=1S/C16H20N4O3S/c1-10-7-13(15(22)18-11(10)2)14(21)17-8-12-9-24-16(19-12)20-3-5-23-6-4-20/h7,9H,3-6,8H2,1-2H3,(H,17,21)(H,18,22). The third-order valence-corrected chi connectivity index (χ3v) is 4.94. The molecule has 0 unspecified atom stereocenters. The van der Waals surface area contributed by atoms with Crippen LogP contribution < -0.4 is 15.8 Å². The van der Waals surface area contributed by atoms with E-state index in [1.54, 1.807) is 24.3 Å². The summed E-state index contributed by atoms with van der Waals surface area (Å²) in [5.41, 5.74) is 2.19. The minimum atomic E-state index is -0.389. The van der Waals surface area contributed by atoms with Crippen molar-refractivity contribution < 1.29 is 9.53 Å². The minimum absolute atomic E-state index is 0.127. The number of nitrogens with zero attached hydrogens (tertiary/aromatic N) is 2. The molecule has 0 saturated carbocycles. The van der Waals surface area contributed by atoms with Crippen LogP contribution in [-0.4, -0.2) is 42.2 Å². The Morgan fingerprint density at radius 1 is 1.42 bits per heavy atom. The summed E-state index contributed by atoms with van der Waals surface area (Å²) in [4.78, 5) is 33.5. The first-order valence-electron chi connectivity index (χ1n) is 7.80. The highest BCUT2D eigenvalue weighted by atomic mass is 32.1. The van der Waals surface area contributed by atoms with E-state index in [0.717, 1.165) is 35.2 Å². The maximum atomic E-state index is 12.2. The Labute approximate surface area is 143 Å². The van der Waals surface area contributed by atoms with Crippen LogP contribution in [0.1, 0.15) is 27.3 Å². The van der Waals surface area contributed by atoms with Crippen LogP contribution >= 0.6 is 11.3 Å². The van der Waals surface area contributed by atoms with Crippen LogP contribution in [0.15, 0.2) is 16.2 Å². The second-order valence-electron chi connectivity index (χ2n) is 5.72. The number of carbonyl (C=O) groups is 1. The highest BCUT2D eigenvalue weighted by Gasteiger charge is 2.16. The lowest BCUT2D eigenvalue weighted by molar-refractivity contribution is 0.0949. The van der Waals surface area contributed by atoms with Crippen LogP contribution in [-0.2, 0) is 11.3 Å². The normalized spacial score (nSPS) is 14.7. The third kappa shape index (κ3) is 3.65. The first-order chi connectivity index (χ1) is 11.5. The number of hydrogen-bond acceptors (Lipinski definition) is 6. The lowest BCUT2D eigenvalue weighted by atomic mass is 10.1. The number of rotatable bonds is 4. The van der Waals surface area contributed by atoms with E-state index in [1.807, 2.05) is 12.3 Å². The molecule has 3 heterocycles. The molecule has 0 atom stereocenters. The summed E-state index contributed by atoms with van der Waals surface area (Å²) in [6.07, 6.45) is 0. The largest absolute Gasteiger partial charge is 0.378 e. The van der Waals surface area contributed by atoms with Crippen LogP contribution in [0.25, 0.3) is 0 Å². The van der Waals surface area contributed by atoms with Crippen molar-refractivity contribution in [1.29, 1.82) is 0 Å². The summed E-state index contributed by atoms with van der Waals surface area (Å²) < 4.78 is 5.33. The van der Waals surface area contributed by atoms with Gasteiger partial charge in [-0.25, -0.2) is 4.98 Å². The van der Waals surface area contributed by atoms with Crippen LogP contribution in [0.2, 0.25) is 0 Å². The fourth-order valence-corrected chi connectivity index (χ4v) is 3.32. The molecule has 0 aliphatic carbocycles. The van der Waals surface area contributed by atoms with Gasteiger partial charge in [0.05, 0.1) is 25.5 Å². The number of aromatic amines is 1. The first-order valence-corrected chi connectivity index (χ1v) is 8.68. The Morgan fingerprint density at radius 2 is 2.17 bits per heavy atom. The van der Waals surface area contributed by atoms with Crippen molar-refractivity contribution in [2.45, 2.75) is 20.4 Å². The second kappa shape index (κ2) is 7.14. The van der Waals surface area contributed by atoms with Crippen molar-refractivity contribution in [3.8, 4) is 0 Å². The molecule has 0 radical (unpaired) electrons. The van der Waals surface area contributed by atoms with Gasteiger partial charge in [-0.1, -0.05) is 0 Å². The van der Waals surface area contributed by atoms with Crippen molar-refractivity contribution >= 4 is 22.4 Å². The lowest BCUT2D eigenvalue weighted by Gasteiger charge is -2.26. The van der Waals surface area contributed by atoms with Gasteiger partial charge in [-0.15, -0.1) is 11.3 Å². The summed E-state index contributed by atoms with van der Waals surface area (Å²) in [7, 11) is 0. The number of morpholine rings is 1. The number of H-pyrrole nitrogens is 1. The fraction of sp³-hybridized carbons (Fsp3) is 0.438. The van der Waals surface area contributed by atoms with Gasteiger partial charge in [0.1, 0.15) is 5.56 Å². The Balaban J connectivity index is 1.63. The Kier molecular flexibility index (Phi) is 4.96. The monoisotopic (exact) mass is 348 g/mol. The Bertz CT molecular complexity index is 793. The Morgan fingerprint density at radius 3 is 2.92 bits per heavy atom.